The molecule has 96 valence electrons. The number of aryl methyl sites for hydroxylation is 1. The van der Waals surface area contributed by atoms with Crippen molar-refractivity contribution in [2.45, 2.75) is 13.5 Å². The summed E-state index contributed by atoms with van der Waals surface area (Å²) in [6, 6.07) is 0. The van der Waals surface area contributed by atoms with Gasteiger partial charge in [-0.1, -0.05) is 0 Å². The summed E-state index contributed by atoms with van der Waals surface area (Å²) in [7, 11) is 0. The molecule has 2 aromatic heterocycles. The van der Waals surface area contributed by atoms with Gasteiger partial charge in [0.05, 0.1) is 18.5 Å². The van der Waals surface area contributed by atoms with Crippen molar-refractivity contribution in [3.05, 3.63) is 27.6 Å². The summed E-state index contributed by atoms with van der Waals surface area (Å²) < 4.78 is 1.83. The molecule has 7 heteroatoms. The molecule has 0 fully saturated rings. The molecule has 0 spiro atoms. The third kappa shape index (κ3) is 2.41. The summed E-state index contributed by atoms with van der Waals surface area (Å²) >= 11 is 1.33. The third-order valence-electron chi connectivity index (χ3n) is 2.47. The van der Waals surface area contributed by atoms with Crippen molar-refractivity contribution in [2.24, 2.45) is 0 Å². The van der Waals surface area contributed by atoms with Gasteiger partial charge in [-0.05, 0) is 17.9 Å². The van der Waals surface area contributed by atoms with Crippen LogP contribution in [0.3, 0.4) is 0 Å². The van der Waals surface area contributed by atoms with Crippen LogP contribution in [0.4, 0.5) is 0 Å². The number of amides is 1. The summed E-state index contributed by atoms with van der Waals surface area (Å²) in [5.41, 5.74) is 1.44. The van der Waals surface area contributed by atoms with Crippen LogP contribution in [-0.4, -0.2) is 33.7 Å². The van der Waals surface area contributed by atoms with E-state index in [1.165, 1.54) is 22.2 Å². The minimum atomic E-state index is -0.319. The second-order valence-electron chi connectivity index (χ2n) is 3.85. The van der Waals surface area contributed by atoms with Gasteiger partial charge in [0.1, 0.15) is 11.2 Å². The number of hydrogen-bond acceptors (Lipinski definition) is 5. The Hall–Kier alpha value is -1.73. The highest BCUT2D eigenvalue weighted by atomic mass is 32.1. The smallest absolute Gasteiger partial charge is 0.271 e. The molecule has 0 unspecified atom stereocenters. The molecule has 2 N–H and O–H groups in total. The maximum Gasteiger partial charge on any atom is 0.271 e. The van der Waals surface area contributed by atoms with E-state index in [0.717, 1.165) is 5.56 Å². The number of fused-ring (bicyclic) bond motifs is 1. The van der Waals surface area contributed by atoms with E-state index in [-0.39, 0.29) is 31.2 Å². The molecule has 6 nitrogen and oxygen atoms in total. The van der Waals surface area contributed by atoms with E-state index < -0.39 is 0 Å². The second-order valence-corrected chi connectivity index (χ2v) is 4.73. The number of hydrogen-bond donors (Lipinski definition) is 2. The van der Waals surface area contributed by atoms with E-state index in [4.69, 9.17) is 5.11 Å². The van der Waals surface area contributed by atoms with Gasteiger partial charge in [-0.15, -0.1) is 11.3 Å². The lowest BCUT2D eigenvalue weighted by Crippen LogP contribution is -2.33. The second kappa shape index (κ2) is 5.28. The Kier molecular flexibility index (Phi) is 3.73. The molecular formula is C11H13N3O3S. The molecule has 0 aliphatic rings. The van der Waals surface area contributed by atoms with Crippen molar-refractivity contribution in [1.29, 1.82) is 0 Å². The Labute approximate surface area is 107 Å². The summed E-state index contributed by atoms with van der Waals surface area (Å²) in [5.74, 6) is -0.319. The number of aliphatic hydroxyl groups excluding tert-OH is 1. The highest BCUT2D eigenvalue weighted by molar-refractivity contribution is 7.17. The molecule has 2 heterocycles. The molecule has 0 saturated carbocycles. The predicted molar refractivity (Wildman–Crippen MR) is 68.7 cm³/mol. The van der Waals surface area contributed by atoms with Crippen LogP contribution in [0.15, 0.2) is 16.5 Å². The fourth-order valence-corrected chi connectivity index (χ4v) is 2.53. The Bertz CT molecular complexity index is 632. The van der Waals surface area contributed by atoms with Crippen LogP contribution in [0, 0.1) is 6.92 Å². The van der Waals surface area contributed by atoms with Gasteiger partial charge in [-0.2, -0.15) is 0 Å². The van der Waals surface area contributed by atoms with Crippen LogP contribution in [0.25, 0.3) is 10.2 Å². The van der Waals surface area contributed by atoms with Crippen LogP contribution < -0.4 is 10.9 Å². The standard InChI is InChI=1S/C11H13N3O3S/c1-7-5-18-10-9(7)13-6-14(11(10)17)4-8(16)12-2-3-15/h5-6,15H,2-4H2,1H3,(H,12,16). The summed E-state index contributed by atoms with van der Waals surface area (Å²) in [4.78, 5) is 27.7. The highest BCUT2D eigenvalue weighted by Crippen LogP contribution is 2.19. The average Bonchev–Trinajstić information content (AvgIpc) is 2.73. The number of carbonyl (C=O) groups is 1. The molecule has 0 radical (unpaired) electrons. The van der Waals surface area contributed by atoms with Gasteiger partial charge in [0.15, 0.2) is 0 Å². The Balaban J connectivity index is 2.27. The van der Waals surface area contributed by atoms with Crippen LogP contribution in [0.2, 0.25) is 0 Å². The van der Waals surface area contributed by atoms with Crippen LogP contribution in [0.1, 0.15) is 5.56 Å². The van der Waals surface area contributed by atoms with Crippen molar-refractivity contribution in [2.75, 3.05) is 13.2 Å². The van der Waals surface area contributed by atoms with Crippen molar-refractivity contribution >= 4 is 27.5 Å². The van der Waals surface area contributed by atoms with Crippen molar-refractivity contribution in [1.82, 2.24) is 14.9 Å². The molecule has 18 heavy (non-hydrogen) atoms. The van der Waals surface area contributed by atoms with Gasteiger partial charge >= 0.3 is 0 Å². The van der Waals surface area contributed by atoms with Crippen LogP contribution in [-0.2, 0) is 11.3 Å². The quantitative estimate of drug-likeness (QED) is 0.808. The van der Waals surface area contributed by atoms with E-state index in [9.17, 15) is 9.59 Å². The fourth-order valence-electron chi connectivity index (χ4n) is 1.58. The molecule has 0 atom stereocenters. The molecule has 0 aromatic carbocycles. The Morgan fingerprint density at radius 2 is 2.39 bits per heavy atom. The lowest BCUT2D eigenvalue weighted by atomic mass is 10.3. The topological polar surface area (TPSA) is 84.2 Å². The lowest BCUT2D eigenvalue weighted by molar-refractivity contribution is -0.121. The first-order valence-corrected chi connectivity index (χ1v) is 6.32. The van der Waals surface area contributed by atoms with E-state index in [0.29, 0.717) is 10.2 Å². The minimum absolute atomic E-state index is 0.0846. The maximum atomic E-state index is 12.1. The van der Waals surface area contributed by atoms with Crippen LogP contribution >= 0.6 is 11.3 Å². The number of rotatable bonds is 4. The summed E-state index contributed by atoms with van der Waals surface area (Å²) in [6.45, 7) is 1.87. The zero-order valence-electron chi connectivity index (χ0n) is 9.84. The van der Waals surface area contributed by atoms with Gasteiger partial charge in [-0.3, -0.25) is 14.2 Å². The number of aromatic nitrogens is 2. The molecule has 1 amide bonds. The van der Waals surface area contributed by atoms with Crippen molar-refractivity contribution in [3.63, 3.8) is 0 Å². The monoisotopic (exact) mass is 267 g/mol. The lowest BCUT2D eigenvalue weighted by Gasteiger charge is -2.05. The molecule has 0 saturated heterocycles. The number of nitrogens with zero attached hydrogens (tertiary/aromatic N) is 2. The summed E-state index contributed by atoms with van der Waals surface area (Å²) in [6.07, 6.45) is 1.38. The Morgan fingerprint density at radius 1 is 1.61 bits per heavy atom. The molecule has 2 rings (SSSR count). The number of carbonyl (C=O) groups excluding carboxylic acids is 1. The van der Waals surface area contributed by atoms with E-state index in [2.05, 4.69) is 10.3 Å². The predicted octanol–water partition coefficient (Wildman–Crippen LogP) is -0.125. The van der Waals surface area contributed by atoms with Gasteiger partial charge in [-0.25, -0.2) is 4.98 Å². The van der Waals surface area contributed by atoms with E-state index in [1.807, 2.05) is 12.3 Å². The first kappa shape index (κ1) is 12.7. The van der Waals surface area contributed by atoms with Gasteiger partial charge in [0, 0.05) is 6.54 Å². The molecular weight excluding hydrogens is 254 g/mol. The highest BCUT2D eigenvalue weighted by Gasteiger charge is 2.10. The van der Waals surface area contributed by atoms with E-state index in [1.54, 1.807) is 0 Å². The Morgan fingerprint density at radius 3 is 3.11 bits per heavy atom. The minimum Gasteiger partial charge on any atom is -0.395 e. The van der Waals surface area contributed by atoms with Crippen molar-refractivity contribution in [3.8, 4) is 0 Å². The third-order valence-corrected chi connectivity index (χ3v) is 3.55. The average molecular weight is 267 g/mol. The number of aliphatic hydroxyl groups is 1. The zero-order valence-corrected chi connectivity index (χ0v) is 10.7. The SMILES string of the molecule is Cc1csc2c(=O)n(CC(=O)NCCO)cnc12. The normalized spacial score (nSPS) is 10.8. The zero-order chi connectivity index (χ0) is 13.1. The van der Waals surface area contributed by atoms with Gasteiger partial charge in [0.25, 0.3) is 5.56 Å². The van der Waals surface area contributed by atoms with E-state index >= 15 is 0 Å². The first-order valence-electron chi connectivity index (χ1n) is 5.44. The van der Waals surface area contributed by atoms with Gasteiger partial charge < -0.3 is 10.4 Å². The number of thiophene rings is 1. The van der Waals surface area contributed by atoms with Gasteiger partial charge in [0.2, 0.25) is 5.91 Å². The van der Waals surface area contributed by atoms with Crippen molar-refractivity contribution < 1.29 is 9.90 Å². The maximum absolute atomic E-state index is 12.1. The molecule has 0 aliphatic heterocycles. The fraction of sp³-hybridized carbons (Fsp3) is 0.364. The molecule has 0 bridgehead atoms. The largest absolute Gasteiger partial charge is 0.395 e. The van der Waals surface area contributed by atoms with Crippen LogP contribution in [0.5, 0.6) is 0 Å². The first-order chi connectivity index (χ1) is 8.63. The molecule has 0 aliphatic carbocycles. The number of nitrogens with one attached hydrogen (secondary N) is 1. The molecule has 2 aromatic rings. The summed E-state index contributed by atoms with van der Waals surface area (Å²) in [5, 5.41) is 12.9.